The number of halogens is 1. The van der Waals surface area contributed by atoms with Crippen molar-refractivity contribution >= 4 is 23.2 Å². The summed E-state index contributed by atoms with van der Waals surface area (Å²) in [5.74, 6) is -0.657. The average Bonchev–Trinajstić information content (AvgIpc) is 2.34. The molecule has 92 valence electrons. The molecule has 1 amide bonds. The monoisotopic (exact) mass is 263 g/mol. The molecule has 2 N–H and O–H groups in total. The molecule has 0 saturated heterocycles. The van der Waals surface area contributed by atoms with Gasteiger partial charge in [-0.2, -0.15) is 0 Å². The van der Waals surface area contributed by atoms with E-state index >= 15 is 0 Å². The number of hydrogen-bond acceptors (Lipinski definition) is 4. The summed E-state index contributed by atoms with van der Waals surface area (Å²) in [6.07, 6.45) is 4.22. The summed E-state index contributed by atoms with van der Waals surface area (Å²) in [4.78, 5) is 19.5. The summed E-state index contributed by atoms with van der Waals surface area (Å²) in [5.41, 5.74) is 1.40. The minimum atomic E-state index is -0.468. The minimum Gasteiger partial charge on any atom is -0.505 e. The Hall–Kier alpha value is -2.14. The molecule has 0 bridgehead atoms. The lowest BCUT2D eigenvalue weighted by molar-refractivity contribution is 0.102. The molecule has 0 spiro atoms. The number of aryl methyl sites for hydroxylation is 1. The summed E-state index contributed by atoms with van der Waals surface area (Å²) < 4.78 is 0. The highest BCUT2D eigenvalue weighted by Gasteiger charge is 2.12. The molecule has 0 radical (unpaired) electrons. The fourth-order valence-electron chi connectivity index (χ4n) is 1.41. The van der Waals surface area contributed by atoms with Crippen LogP contribution in [0.1, 0.15) is 15.9 Å². The number of amides is 1. The summed E-state index contributed by atoms with van der Waals surface area (Å²) in [7, 11) is 0. The SMILES string of the molecule is Cc1cnc(Cl)c(NC(=O)c2ccncc2O)c1. The Morgan fingerprint density at radius 1 is 1.44 bits per heavy atom. The maximum absolute atomic E-state index is 11.9. The topological polar surface area (TPSA) is 75.1 Å². The first kappa shape index (κ1) is 12.3. The number of hydrogen-bond donors (Lipinski definition) is 2. The summed E-state index contributed by atoms with van der Waals surface area (Å²) in [5, 5.41) is 12.3. The standard InChI is InChI=1S/C12H10ClN3O2/c1-7-4-9(11(13)15-5-7)16-12(18)8-2-3-14-6-10(8)17/h2-6,17H,1H3,(H,16,18). The van der Waals surface area contributed by atoms with Gasteiger partial charge in [0.1, 0.15) is 5.75 Å². The van der Waals surface area contributed by atoms with Crippen LogP contribution in [0.2, 0.25) is 5.15 Å². The number of aromatic hydroxyl groups is 1. The van der Waals surface area contributed by atoms with E-state index in [4.69, 9.17) is 11.6 Å². The first-order chi connectivity index (χ1) is 8.58. The molecule has 0 unspecified atom stereocenters. The van der Waals surface area contributed by atoms with Crippen molar-refractivity contribution in [3.63, 3.8) is 0 Å². The maximum atomic E-state index is 11.9. The Balaban J connectivity index is 2.27. The zero-order valence-electron chi connectivity index (χ0n) is 9.51. The molecule has 6 heteroatoms. The number of anilines is 1. The Morgan fingerprint density at radius 3 is 2.94 bits per heavy atom. The quantitative estimate of drug-likeness (QED) is 0.816. The second-order valence-corrected chi connectivity index (χ2v) is 4.06. The van der Waals surface area contributed by atoms with Crippen LogP contribution < -0.4 is 5.32 Å². The van der Waals surface area contributed by atoms with Gasteiger partial charge in [-0.05, 0) is 24.6 Å². The van der Waals surface area contributed by atoms with Crippen LogP contribution in [0.4, 0.5) is 5.69 Å². The Morgan fingerprint density at radius 2 is 2.22 bits per heavy atom. The maximum Gasteiger partial charge on any atom is 0.259 e. The van der Waals surface area contributed by atoms with Crippen molar-refractivity contribution in [3.05, 3.63) is 47.0 Å². The molecule has 18 heavy (non-hydrogen) atoms. The minimum absolute atomic E-state index is 0.127. The van der Waals surface area contributed by atoms with E-state index in [1.807, 2.05) is 6.92 Å². The van der Waals surface area contributed by atoms with Gasteiger partial charge in [0.25, 0.3) is 5.91 Å². The van der Waals surface area contributed by atoms with E-state index in [9.17, 15) is 9.90 Å². The molecular weight excluding hydrogens is 254 g/mol. The van der Waals surface area contributed by atoms with Crippen LogP contribution in [0.25, 0.3) is 0 Å². The molecule has 2 rings (SSSR count). The number of aromatic nitrogens is 2. The summed E-state index contributed by atoms with van der Waals surface area (Å²) in [6.45, 7) is 1.84. The number of pyridine rings is 2. The van der Waals surface area contributed by atoms with Crippen LogP contribution in [0.3, 0.4) is 0 Å². The van der Waals surface area contributed by atoms with Gasteiger partial charge in [0.15, 0.2) is 5.15 Å². The average molecular weight is 264 g/mol. The lowest BCUT2D eigenvalue weighted by Gasteiger charge is -2.08. The van der Waals surface area contributed by atoms with Gasteiger partial charge in [-0.25, -0.2) is 4.98 Å². The zero-order valence-corrected chi connectivity index (χ0v) is 10.3. The van der Waals surface area contributed by atoms with Crippen LogP contribution >= 0.6 is 11.6 Å². The highest BCUT2D eigenvalue weighted by molar-refractivity contribution is 6.32. The molecule has 0 fully saturated rings. The van der Waals surface area contributed by atoms with Crippen LogP contribution in [-0.4, -0.2) is 21.0 Å². The van der Waals surface area contributed by atoms with Crippen LogP contribution in [-0.2, 0) is 0 Å². The van der Waals surface area contributed by atoms with E-state index in [0.29, 0.717) is 5.69 Å². The fourth-order valence-corrected chi connectivity index (χ4v) is 1.56. The smallest absolute Gasteiger partial charge is 0.259 e. The lowest BCUT2D eigenvalue weighted by Crippen LogP contribution is -2.13. The first-order valence-corrected chi connectivity index (χ1v) is 5.52. The van der Waals surface area contributed by atoms with Gasteiger partial charge in [-0.3, -0.25) is 9.78 Å². The van der Waals surface area contributed by atoms with E-state index < -0.39 is 5.91 Å². The van der Waals surface area contributed by atoms with Crippen molar-refractivity contribution in [1.29, 1.82) is 0 Å². The van der Waals surface area contributed by atoms with Crippen molar-refractivity contribution in [2.75, 3.05) is 5.32 Å². The van der Waals surface area contributed by atoms with Crippen molar-refractivity contribution in [1.82, 2.24) is 9.97 Å². The molecule has 5 nitrogen and oxygen atoms in total. The third-order valence-corrected chi connectivity index (χ3v) is 2.57. The molecule has 2 aromatic heterocycles. The molecule has 2 aromatic rings. The highest BCUT2D eigenvalue weighted by atomic mass is 35.5. The first-order valence-electron chi connectivity index (χ1n) is 5.14. The van der Waals surface area contributed by atoms with Crippen molar-refractivity contribution < 1.29 is 9.90 Å². The van der Waals surface area contributed by atoms with Gasteiger partial charge in [-0.1, -0.05) is 11.6 Å². The third-order valence-electron chi connectivity index (χ3n) is 2.27. The summed E-state index contributed by atoms with van der Waals surface area (Å²) >= 11 is 5.87. The van der Waals surface area contributed by atoms with Crippen molar-refractivity contribution in [2.45, 2.75) is 6.92 Å². The van der Waals surface area contributed by atoms with Gasteiger partial charge in [-0.15, -0.1) is 0 Å². The molecule has 2 heterocycles. The Kier molecular flexibility index (Phi) is 3.43. The van der Waals surface area contributed by atoms with Gasteiger partial charge in [0, 0.05) is 12.4 Å². The largest absolute Gasteiger partial charge is 0.505 e. The highest BCUT2D eigenvalue weighted by Crippen LogP contribution is 2.22. The van der Waals surface area contributed by atoms with Crippen molar-refractivity contribution in [3.8, 4) is 5.75 Å². The van der Waals surface area contributed by atoms with E-state index in [2.05, 4.69) is 15.3 Å². The van der Waals surface area contributed by atoms with E-state index in [1.54, 1.807) is 12.3 Å². The number of rotatable bonds is 2. The molecule has 0 aliphatic rings. The number of nitrogens with one attached hydrogen (secondary N) is 1. The second kappa shape index (κ2) is 5.01. The zero-order chi connectivity index (χ0) is 13.1. The van der Waals surface area contributed by atoms with Crippen molar-refractivity contribution in [2.24, 2.45) is 0 Å². The third kappa shape index (κ3) is 2.57. The normalized spacial score (nSPS) is 10.1. The van der Waals surface area contributed by atoms with E-state index in [-0.39, 0.29) is 16.5 Å². The number of carbonyl (C=O) groups excluding carboxylic acids is 1. The van der Waals surface area contributed by atoms with E-state index in [0.717, 1.165) is 5.56 Å². The fraction of sp³-hybridized carbons (Fsp3) is 0.0833. The van der Waals surface area contributed by atoms with Crippen LogP contribution in [0.15, 0.2) is 30.7 Å². The predicted octanol–water partition coefficient (Wildman–Crippen LogP) is 2.40. The number of nitrogens with zero attached hydrogens (tertiary/aromatic N) is 2. The van der Waals surface area contributed by atoms with Gasteiger partial charge in [0.05, 0.1) is 17.4 Å². The van der Waals surface area contributed by atoms with Gasteiger partial charge in [0.2, 0.25) is 0 Å². The van der Waals surface area contributed by atoms with Crippen LogP contribution in [0, 0.1) is 6.92 Å². The van der Waals surface area contributed by atoms with Gasteiger partial charge < -0.3 is 10.4 Å². The lowest BCUT2D eigenvalue weighted by atomic mass is 10.2. The second-order valence-electron chi connectivity index (χ2n) is 3.70. The van der Waals surface area contributed by atoms with E-state index in [1.165, 1.54) is 18.5 Å². The molecule has 0 atom stereocenters. The van der Waals surface area contributed by atoms with Crippen LogP contribution in [0.5, 0.6) is 5.75 Å². The summed E-state index contributed by atoms with van der Waals surface area (Å²) in [6, 6.07) is 3.12. The molecule has 0 aliphatic heterocycles. The Bertz CT molecular complexity index is 602. The Labute approximate surface area is 108 Å². The predicted molar refractivity (Wildman–Crippen MR) is 67.8 cm³/mol. The molecular formula is C12H10ClN3O2. The number of carbonyl (C=O) groups is 1. The molecule has 0 aromatic carbocycles. The van der Waals surface area contributed by atoms with Gasteiger partial charge >= 0.3 is 0 Å². The molecule has 0 aliphatic carbocycles. The molecule has 0 saturated carbocycles.